The van der Waals surface area contributed by atoms with E-state index in [-0.39, 0.29) is 11.8 Å². The molecule has 0 aliphatic heterocycles. The van der Waals surface area contributed by atoms with E-state index in [2.05, 4.69) is 47.0 Å². The molecule has 1 fully saturated rings. The fourth-order valence-corrected chi connectivity index (χ4v) is 4.41. The molecule has 0 heterocycles. The number of carbonyl (C=O) groups excluding carboxylic acids is 2. The van der Waals surface area contributed by atoms with Gasteiger partial charge in [0, 0.05) is 29.1 Å². The van der Waals surface area contributed by atoms with Crippen molar-refractivity contribution in [3.05, 3.63) is 94.0 Å². The van der Waals surface area contributed by atoms with Crippen LogP contribution in [0.25, 0.3) is 11.1 Å². The zero-order valence-corrected chi connectivity index (χ0v) is 19.9. The van der Waals surface area contributed by atoms with Crippen LogP contribution in [0.5, 0.6) is 0 Å². The lowest BCUT2D eigenvalue weighted by atomic mass is 10.0. The van der Waals surface area contributed by atoms with Crippen molar-refractivity contribution in [2.75, 3.05) is 0 Å². The fraction of sp³-hybridized carbons (Fsp3) is 0.259. The van der Waals surface area contributed by atoms with E-state index in [0.29, 0.717) is 29.5 Å². The van der Waals surface area contributed by atoms with E-state index < -0.39 is 0 Å². The van der Waals surface area contributed by atoms with E-state index in [1.165, 1.54) is 24.0 Å². The van der Waals surface area contributed by atoms with Crippen LogP contribution in [0.4, 0.5) is 0 Å². The molecular formula is C27H28Cl2N2O2. The topological polar surface area (TPSA) is 58.2 Å². The molecule has 0 saturated heterocycles. The third kappa shape index (κ3) is 8.23. The van der Waals surface area contributed by atoms with Gasteiger partial charge in [0.1, 0.15) is 0 Å². The average molecular weight is 483 g/mol. The number of halogens is 2. The molecule has 2 N–H and O–H groups in total. The van der Waals surface area contributed by atoms with Crippen LogP contribution in [0.15, 0.2) is 72.8 Å². The minimum Gasteiger partial charge on any atom is -0.355 e. The normalized spacial score (nSPS) is 13.0. The summed E-state index contributed by atoms with van der Waals surface area (Å²) in [6.07, 6.45) is 5.14. The number of benzene rings is 3. The van der Waals surface area contributed by atoms with Crippen molar-refractivity contribution in [2.24, 2.45) is 5.92 Å². The molecule has 33 heavy (non-hydrogen) atoms. The molecule has 1 aliphatic carbocycles. The van der Waals surface area contributed by atoms with Gasteiger partial charge in [-0.2, -0.15) is 0 Å². The fourth-order valence-electron chi connectivity index (χ4n) is 3.84. The monoisotopic (exact) mass is 482 g/mol. The number of hydrogen-bond acceptors (Lipinski definition) is 2. The van der Waals surface area contributed by atoms with E-state index in [4.69, 9.17) is 23.2 Å². The number of carbonyl (C=O) groups is 2. The van der Waals surface area contributed by atoms with Gasteiger partial charge in [-0.1, -0.05) is 90.6 Å². The molecule has 0 unspecified atom stereocenters. The van der Waals surface area contributed by atoms with Crippen LogP contribution in [0.3, 0.4) is 0 Å². The molecule has 0 atom stereocenters. The van der Waals surface area contributed by atoms with Gasteiger partial charge in [-0.25, -0.2) is 0 Å². The zero-order valence-electron chi connectivity index (χ0n) is 18.4. The summed E-state index contributed by atoms with van der Waals surface area (Å²) in [5, 5.41) is 6.73. The maximum absolute atomic E-state index is 12.0. The Hall–Kier alpha value is -2.82. The van der Waals surface area contributed by atoms with Gasteiger partial charge in [0.15, 0.2) is 0 Å². The van der Waals surface area contributed by atoms with Crippen molar-refractivity contribution in [3.63, 3.8) is 0 Å². The predicted octanol–water partition coefficient (Wildman–Crippen LogP) is 6.40. The van der Waals surface area contributed by atoms with Gasteiger partial charge in [0.2, 0.25) is 12.3 Å². The second-order valence-corrected chi connectivity index (χ2v) is 8.91. The standard InChI is InChI=1S/C19H21NO.C8H7Cl2NO/c21-19(18-8-4-5-9-18)20-14-15-10-12-17(13-11-15)16-6-2-1-3-7-16;9-7-1-6(4-11-5-12)2-8(10)3-7/h1-3,6-7,10-13,18H,4-5,8-9,14H2,(H,20,21);1-3,5H,4H2,(H,11,12). The Labute approximate surface area is 205 Å². The summed E-state index contributed by atoms with van der Waals surface area (Å²) in [6.45, 7) is 1.08. The van der Waals surface area contributed by atoms with Crippen LogP contribution in [0.2, 0.25) is 10.0 Å². The van der Waals surface area contributed by atoms with E-state index in [1.807, 2.05) is 18.2 Å². The first-order chi connectivity index (χ1) is 16.0. The molecule has 0 spiro atoms. The Kier molecular flexibility index (Phi) is 9.79. The molecule has 0 radical (unpaired) electrons. The van der Waals surface area contributed by atoms with E-state index in [9.17, 15) is 9.59 Å². The van der Waals surface area contributed by atoms with Gasteiger partial charge in [0.25, 0.3) is 0 Å². The summed E-state index contributed by atoms with van der Waals surface area (Å²) in [5.74, 6) is 0.466. The molecule has 4 nitrogen and oxygen atoms in total. The lowest BCUT2D eigenvalue weighted by Crippen LogP contribution is -2.28. The molecule has 3 aromatic carbocycles. The van der Waals surface area contributed by atoms with Crippen molar-refractivity contribution >= 4 is 35.5 Å². The van der Waals surface area contributed by atoms with Crippen LogP contribution in [0, 0.1) is 5.92 Å². The van der Waals surface area contributed by atoms with Crippen LogP contribution in [0.1, 0.15) is 36.8 Å². The Balaban J connectivity index is 0.000000218. The van der Waals surface area contributed by atoms with Crippen molar-refractivity contribution in [1.82, 2.24) is 10.6 Å². The Bertz CT molecular complexity index is 1010. The highest BCUT2D eigenvalue weighted by Crippen LogP contribution is 2.25. The Morgan fingerprint density at radius 3 is 2.03 bits per heavy atom. The van der Waals surface area contributed by atoms with Crippen molar-refractivity contribution < 1.29 is 9.59 Å². The van der Waals surface area contributed by atoms with Gasteiger partial charge >= 0.3 is 0 Å². The van der Waals surface area contributed by atoms with Gasteiger partial charge in [-0.05, 0) is 53.3 Å². The molecule has 172 valence electrons. The molecule has 4 rings (SSSR count). The first-order valence-corrected chi connectivity index (χ1v) is 11.8. The second-order valence-electron chi connectivity index (χ2n) is 8.04. The van der Waals surface area contributed by atoms with E-state index in [1.54, 1.807) is 18.2 Å². The third-order valence-corrected chi connectivity index (χ3v) is 6.00. The SMILES string of the molecule is O=C(NCc1ccc(-c2ccccc2)cc1)C1CCCC1.O=CNCc1cc(Cl)cc(Cl)c1. The first-order valence-electron chi connectivity index (χ1n) is 11.1. The number of nitrogens with one attached hydrogen (secondary N) is 2. The highest BCUT2D eigenvalue weighted by atomic mass is 35.5. The maximum atomic E-state index is 12.0. The third-order valence-electron chi connectivity index (χ3n) is 5.57. The number of amides is 2. The Morgan fingerprint density at radius 2 is 1.42 bits per heavy atom. The molecule has 2 amide bonds. The molecule has 1 saturated carbocycles. The van der Waals surface area contributed by atoms with Crippen molar-refractivity contribution in [1.29, 1.82) is 0 Å². The average Bonchev–Trinajstić information content (AvgIpc) is 3.37. The summed E-state index contributed by atoms with van der Waals surface area (Å²) >= 11 is 11.5. The summed E-state index contributed by atoms with van der Waals surface area (Å²) < 4.78 is 0. The van der Waals surface area contributed by atoms with Crippen molar-refractivity contribution in [2.45, 2.75) is 38.8 Å². The van der Waals surface area contributed by atoms with Crippen LogP contribution in [-0.2, 0) is 22.7 Å². The van der Waals surface area contributed by atoms with E-state index in [0.717, 1.165) is 24.0 Å². The van der Waals surface area contributed by atoms with Gasteiger partial charge in [-0.15, -0.1) is 0 Å². The van der Waals surface area contributed by atoms with Crippen LogP contribution >= 0.6 is 23.2 Å². The van der Waals surface area contributed by atoms with E-state index >= 15 is 0 Å². The summed E-state index contributed by atoms with van der Waals surface area (Å²) in [5.41, 5.74) is 4.47. The number of rotatable bonds is 7. The van der Waals surface area contributed by atoms with Gasteiger partial charge < -0.3 is 10.6 Å². The smallest absolute Gasteiger partial charge is 0.223 e. The van der Waals surface area contributed by atoms with Crippen LogP contribution < -0.4 is 10.6 Å². The minimum absolute atomic E-state index is 0.222. The molecule has 3 aromatic rings. The Morgan fingerprint density at radius 1 is 0.818 bits per heavy atom. The lowest BCUT2D eigenvalue weighted by molar-refractivity contribution is -0.125. The summed E-state index contributed by atoms with van der Waals surface area (Å²) in [4.78, 5) is 22.0. The number of hydrogen-bond donors (Lipinski definition) is 2. The predicted molar refractivity (Wildman–Crippen MR) is 135 cm³/mol. The molecule has 1 aliphatic rings. The molecule has 6 heteroatoms. The van der Waals surface area contributed by atoms with Gasteiger partial charge in [-0.3, -0.25) is 9.59 Å². The zero-order chi connectivity index (χ0) is 23.5. The lowest BCUT2D eigenvalue weighted by Gasteiger charge is -2.10. The summed E-state index contributed by atoms with van der Waals surface area (Å²) in [7, 11) is 0. The largest absolute Gasteiger partial charge is 0.355 e. The van der Waals surface area contributed by atoms with Crippen molar-refractivity contribution in [3.8, 4) is 11.1 Å². The molecular weight excluding hydrogens is 455 g/mol. The highest BCUT2D eigenvalue weighted by molar-refractivity contribution is 6.34. The quantitative estimate of drug-likeness (QED) is 0.382. The highest BCUT2D eigenvalue weighted by Gasteiger charge is 2.22. The second kappa shape index (κ2) is 13.0. The minimum atomic E-state index is 0.222. The van der Waals surface area contributed by atoms with Crippen LogP contribution in [-0.4, -0.2) is 12.3 Å². The molecule has 0 bridgehead atoms. The summed E-state index contributed by atoms with van der Waals surface area (Å²) in [6, 6.07) is 23.9. The first kappa shape index (κ1) is 24.8. The molecule has 0 aromatic heterocycles. The maximum Gasteiger partial charge on any atom is 0.223 e. The van der Waals surface area contributed by atoms with Gasteiger partial charge in [0.05, 0.1) is 0 Å².